The fraction of sp³-hybridized carbons (Fsp3) is 0.647. The van der Waals surface area contributed by atoms with Crippen molar-refractivity contribution in [3.8, 4) is 11.5 Å². The fourth-order valence-electron chi connectivity index (χ4n) is 2.15. The quantitative estimate of drug-likeness (QED) is 0.619. The first-order valence-corrected chi connectivity index (χ1v) is 7.62. The third kappa shape index (κ3) is 7.34. The summed E-state index contributed by atoms with van der Waals surface area (Å²) in [5, 5.41) is 0. The molecule has 1 aromatic rings. The van der Waals surface area contributed by atoms with Gasteiger partial charge in [-0.15, -0.1) is 0 Å². The zero-order chi connectivity index (χ0) is 15.7. The molecule has 0 fully saturated rings. The van der Waals surface area contributed by atoms with Crippen molar-refractivity contribution < 1.29 is 9.47 Å². The van der Waals surface area contributed by atoms with Gasteiger partial charge in [0.15, 0.2) is 11.5 Å². The topological polar surface area (TPSA) is 24.9 Å². The van der Waals surface area contributed by atoms with E-state index in [4.69, 9.17) is 9.47 Å². The SMILES string of the molecule is COc1cc(CCCN(C)C)ccc1OCCCN(C)C. The number of methoxy groups -OCH3 is 1. The first-order chi connectivity index (χ1) is 10.0. The molecule has 4 nitrogen and oxygen atoms in total. The average Bonchev–Trinajstić information content (AvgIpc) is 2.43. The molecular formula is C17H30N2O2. The van der Waals surface area contributed by atoms with E-state index < -0.39 is 0 Å². The Kier molecular flexibility index (Phi) is 8.16. The third-order valence-corrected chi connectivity index (χ3v) is 3.31. The van der Waals surface area contributed by atoms with Crippen LogP contribution in [-0.2, 0) is 6.42 Å². The summed E-state index contributed by atoms with van der Waals surface area (Å²) < 4.78 is 11.3. The lowest BCUT2D eigenvalue weighted by Gasteiger charge is -2.14. The van der Waals surface area contributed by atoms with Crippen LogP contribution in [-0.4, -0.2) is 64.8 Å². The van der Waals surface area contributed by atoms with E-state index in [1.807, 2.05) is 6.07 Å². The zero-order valence-electron chi connectivity index (χ0n) is 14.2. The Labute approximate surface area is 129 Å². The number of nitrogens with zero attached hydrogens (tertiary/aromatic N) is 2. The van der Waals surface area contributed by atoms with E-state index in [0.29, 0.717) is 6.61 Å². The lowest BCUT2D eigenvalue weighted by atomic mass is 10.1. The van der Waals surface area contributed by atoms with Crippen molar-refractivity contribution in [2.45, 2.75) is 19.3 Å². The van der Waals surface area contributed by atoms with Crippen LogP contribution in [0.4, 0.5) is 0 Å². The first kappa shape index (κ1) is 17.8. The van der Waals surface area contributed by atoms with Gasteiger partial charge in [0.05, 0.1) is 13.7 Å². The largest absolute Gasteiger partial charge is 0.493 e. The molecule has 1 aromatic carbocycles. The molecule has 0 aliphatic carbocycles. The Morgan fingerprint density at radius 3 is 2.19 bits per heavy atom. The molecule has 4 heteroatoms. The van der Waals surface area contributed by atoms with E-state index in [9.17, 15) is 0 Å². The maximum absolute atomic E-state index is 5.82. The Hall–Kier alpha value is -1.26. The Morgan fingerprint density at radius 2 is 1.57 bits per heavy atom. The van der Waals surface area contributed by atoms with Crippen LogP contribution in [0.1, 0.15) is 18.4 Å². The van der Waals surface area contributed by atoms with Crippen LogP contribution in [0.3, 0.4) is 0 Å². The highest BCUT2D eigenvalue weighted by Gasteiger charge is 2.06. The Balaban J connectivity index is 2.49. The highest BCUT2D eigenvalue weighted by molar-refractivity contribution is 5.43. The van der Waals surface area contributed by atoms with Gasteiger partial charge in [-0.05, 0) is 71.7 Å². The van der Waals surface area contributed by atoms with Gasteiger partial charge in [0.25, 0.3) is 0 Å². The standard InChI is InChI=1S/C17H30N2O2/c1-18(2)11-6-8-15-9-10-16(17(14-15)20-5)21-13-7-12-19(3)4/h9-10,14H,6-8,11-13H2,1-5H3. The van der Waals surface area contributed by atoms with E-state index in [2.05, 4.69) is 50.1 Å². The number of benzene rings is 1. The number of hydrogen-bond donors (Lipinski definition) is 0. The lowest BCUT2D eigenvalue weighted by Crippen LogP contribution is -2.15. The molecule has 21 heavy (non-hydrogen) atoms. The van der Waals surface area contributed by atoms with E-state index in [0.717, 1.165) is 43.9 Å². The molecule has 0 aliphatic rings. The molecule has 0 saturated heterocycles. The van der Waals surface area contributed by atoms with E-state index in [-0.39, 0.29) is 0 Å². The Bertz CT molecular complexity index is 406. The molecule has 120 valence electrons. The summed E-state index contributed by atoms with van der Waals surface area (Å²) >= 11 is 0. The summed E-state index contributed by atoms with van der Waals surface area (Å²) in [6.07, 6.45) is 3.23. The summed E-state index contributed by atoms with van der Waals surface area (Å²) in [6, 6.07) is 6.26. The van der Waals surface area contributed by atoms with Gasteiger partial charge in [-0.25, -0.2) is 0 Å². The van der Waals surface area contributed by atoms with Crippen LogP contribution < -0.4 is 9.47 Å². The summed E-state index contributed by atoms with van der Waals surface area (Å²) in [6.45, 7) is 2.85. The summed E-state index contributed by atoms with van der Waals surface area (Å²) in [5.41, 5.74) is 1.30. The van der Waals surface area contributed by atoms with E-state index in [1.54, 1.807) is 7.11 Å². The van der Waals surface area contributed by atoms with Crippen LogP contribution in [0.25, 0.3) is 0 Å². The number of rotatable bonds is 10. The minimum absolute atomic E-state index is 0.717. The van der Waals surface area contributed by atoms with Crippen LogP contribution in [0.15, 0.2) is 18.2 Å². The van der Waals surface area contributed by atoms with E-state index >= 15 is 0 Å². The van der Waals surface area contributed by atoms with Gasteiger partial charge in [-0.1, -0.05) is 6.07 Å². The van der Waals surface area contributed by atoms with Crippen molar-refractivity contribution in [2.75, 3.05) is 55.0 Å². The van der Waals surface area contributed by atoms with Gasteiger partial charge in [0.1, 0.15) is 0 Å². The van der Waals surface area contributed by atoms with Gasteiger partial charge < -0.3 is 19.3 Å². The molecule has 0 aliphatic heterocycles. The second-order valence-corrected chi connectivity index (χ2v) is 5.90. The van der Waals surface area contributed by atoms with Crippen LogP contribution in [0.2, 0.25) is 0 Å². The molecule has 1 rings (SSSR count). The molecule has 0 N–H and O–H groups in total. The zero-order valence-corrected chi connectivity index (χ0v) is 14.2. The fourth-order valence-corrected chi connectivity index (χ4v) is 2.15. The third-order valence-electron chi connectivity index (χ3n) is 3.31. The molecule has 0 amide bonds. The molecule has 0 spiro atoms. The molecule has 0 atom stereocenters. The van der Waals surface area contributed by atoms with Crippen LogP contribution in [0, 0.1) is 0 Å². The summed E-state index contributed by atoms with van der Waals surface area (Å²) in [5.74, 6) is 1.68. The molecule has 0 aromatic heterocycles. The second-order valence-electron chi connectivity index (χ2n) is 5.90. The van der Waals surface area contributed by atoms with Crippen molar-refractivity contribution in [3.63, 3.8) is 0 Å². The summed E-state index contributed by atoms with van der Waals surface area (Å²) in [7, 11) is 10.0. The van der Waals surface area contributed by atoms with Crippen molar-refractivity contribution in [1.29, 1.82) is 0 Å². The monoisotopic (exact) mass is 294 g/mol. The second kappa shape index (κ2) is 9.64. The minimum Gasteiger partial charge on any atom is -0.493 e. The van der Waals surface area contributed by atoms with E-state index in [1.165, 1.54) is 5.56 Å². The Morgan fingerprint density at radius 1 is 0.905 bits per heavy atom. The van der Waals surface area contributed by atoms with Crippen molar-refractivity contribution >= 4 is 0 Å². The van der Waals surface area contributed by atoms with Crippen LogP contribution in [0.5, 0.6) is 11.5 Å². The predicted molar refractivity (Wildman–Crippen MR) is 88.5 cm³/mol. The van der Waals surface area contributed by atoms with Gasteiger partial charge in [0, 0.05) is 6.54 Å². The first-order valence-electron chi connectivity index (χ1n) is 7.62. The average molecular weight is 294 g/mol. The maximum Gasteiger partial charge on any atom is 0.161 e. The molecule has 0 unspecified atom stereocenters. The summed E-state index contributed by atoms with van der Waals surface area (Å²) in [4.78, 5) is 4.37. The maximum atomic E-state index is 5.82. The molecule has 0 saturated carbocycles. The van der Waals surface area contributed by atoms with Gasteiger partial charge in [-0.3, -0.25) is 0 Å². The van der Waals surface area contributed by atoms with Gasteiger partial charge >= 0.3 is 0 Å². The highest BCUT2D eigenvalue weighted by Crippen LogP contribution is 2.28. The number of ether oxygens (including phenoxy) is 2. The highest BCUT2D eigenvalue weighted by atomic mass is 16.5. The lowest BCUT2D eigenvalue weighted by molar-refractivity contribution is 0.268. The van der Waals surface area contributed by atoms with Gasteiger partial charge in [-0.2, -0.15) is 0 Å². The normalized spacial score (nSPS) is 11.2. The predicted octanol–water partition coefficient (Wildman–Crippen LogP) is 2.52. The van der Waals surface area contributed by atoms with Crippen molar-refractivity contribution in [3.05, 3.63) is 23.8 Å². The van der Waals surface area contributed by atoms with Crippen molar-refractivity contribution in [2.24, 2.45) is 0 Å². The minimum atomic E-state index is 0.717. The van der Waals surface area contributed by atoms with Crippen molar-refractivity contribution in [1.82, 2.24) is 9.80 Å². The molecule has 0 radical (unpaired) electrons. The number of aryl methyl sites for hydroxylation is 1. The molecule has 0 bridgehead atoms. The number of hydrogen-bond acceptors (Lipinski definition) is 4. The molecular weight excluding hydrogens is 264 g/mol. The smallest absolute Gasteiger partial charge is 0.161 e. The van der Waals surface area contributed by atoms with Crippen LogP contribution >= 0.6 is 0 Å². The molecule has 0 heterocycles. The van der Waals surface area contributed by atoms with Gasteiger partial charge in [0.2, 0.25) is 0 Å².